The summed E-state index contributed by atoms with van der Waals surface area (Å²) >= 11 is 3.37. The topological polar surface area (TPSA) is 74.2 Å². The molecule has 2 aromatic rings. The number of nitrogens with zero attached hydrogens (tertiary/aromatic N) is 2. The Morgan fingerprint density at radius 2 is 2.29 bits per heavy atom. The Morgan fingerprint density at radius 3 is 3.06 bits per heavy atom. The van der Waals surface area contributed by atoms with Gasteiger partial charge in [0.1, 0.15) is 6.61 Å². The molecule has 0 amide bonds. The lowest BCUT2D eigenvalue weighted by Gasteiger charge is -2.00. The van der Waals surface area contributed by atoms with E-state index >= 15 is 0 Å². The van der Waals surface area contributed by atoms with Crippen molar-refractivity contribution in [3.63, 3.8) is 0 Å². The number of nitrogen functional groups attached to an aromatic ring is 1. The number of nitrogens with two attached hydrogens (primary N) is 1. The zero-order valence-corrected chi connectivity index (χ0v) is 10.9. The number of rotatable bonds is 4. The molecule has 90 valence electrons. The summed E-state index contributed by atoms with van der Waals surface area (Å²) in [7, 11) is 0. The summed E-state index contributed by atoms with van der Waals surface area (Å²) < 4.78 is 11.2. The van der Waals surface area contributed by atoms with Gasteiger partial charge in [0.25, 0.3) is 5.89 Å². The van der Waals surface area contributed by atoms with Crippen molar-refractivity contribution in [2.75, 3.05) is 12.3 Å². The molecule has 17 heavy (non-hydrogen) atoms. The maximum absolute atomic E-state index is 5.85. The van der Waals surface area contributed by atoms with Gasteiger partial charge < -0.3 is 15.0 Å². The van der Waals surface area contributed by atoms with Crippen molar-refractivity contribution in [1.29, 1.82) is 0 Å². The molecule has 0 spiro atoms. The quantitative estimate of drug-likeness (QED) is 0.878. The van der Waals surface area contributed by atoms with Crippen LogP contribution in [0.5, 0.6) is 0 Å². The van der Waals surface area contributed by atoms with E-state index < -0.39 is 0 Å². The van der Waals surface area contributed by atoms with E-state index in [0.717, 1.165) is 10.0 Å². The van der Waals surface area contributed by atoms with Crippen LogP contribution in [0.4, 0.5) is 5.69 Å². The highest BCUT2D eigenvalue weighted by molar-refractivity contribution is 9.10. The van der Waals surface area contributed by atoms with Gasteiger partial charge in [0.15, 0.2) is 5.82 Å². The zero-order chi connectivity index (χ0) is 12.3. The standard InChI is InChI=1S/C11H12BrN3O2/c1-2-16-6-10-14-11(17-15-10)8-5-7(12)3-4-9(8)13/h3-5H,2,6,13H2,1H3. The molecular weight excluding hydrogens is 286 g/mol. The van der Waals surface area contributed by atoms with Crippen LogP contribution in [-0.2, 0) is 11.3 Å². The lowest BCUT2D eigenvalue weighted by Crippen LogP contribution is -1.94. The van der Waals surface area contributed by atoms with Crippen molar-refractivity contribution in [1.82, 2.24) is 10.1 Å². The third kappa shape index (κ3) is 2.83. The molecule has 0 saturated heterocycles. The molecule has 0 atom stereocenters. The van der Waals surface area contributed by atoms with Crippen molar-refractivity contribution in [2.45, 2.75) is 13.5 Å². The lowest BCUT2D eigenvalue weighted by molar-refractivity contribution is 0.126. The second-order valence-electron chi connectivity index (χ2n) is 3.38. The summed E-state index contributed by atoms with van der Waals surface area (Å²) in [6.07, 6.45) is 0. The molecular formula is C11H12BrN3O2. The number of anilines is 1. The Kier molecular flexibility index (Phi) is 3.75. The second kappa shape index (κ2) is 5.29. The van der Waals surface area contributed by atoms with Crippen molar-refractivity contribution < 1.29 is 9.26 Å². The minimum atomic E-state index is 0.341. The molecule has 0 aliphatic heterocycles. The Hall–Kier alpha value is -1.40. The maximum Gasteiger partial charge on any atom is 0.260 e. The van der Waals surface area contributed by atoms with E-state index in [1.54, 1.807) is 6.07 Å². The number of halogens is 1. The van der Waals surface area contributed by atoms with E-state index in [4.69, 9.17) is 15.0 Å². The predicted octanol–water partition coefficient (Wildman–Crippen LogP) is 2.62. The Bertz CT molecular complexity index is 513. The number of ether oxygens (including phenoxy) is 1. The third-order valence-electron chi connectivity index (χ3n) is 2.15. The lowest BCUT2D eigenvalue weighted by atomic mass is 10.2. The third-order valence-corrected chi connectivity index (χ3v) is 2.64. The van der Waals surface area contributed by atoms with Gasteiger partial charge in [0, 0.05) is 16.8 Å². The summed E-state index contributed by atoms with van der Waals surface area (Å²) in [4.78, 5) is 4.22. The SMILES string of the molecule is CCOCc1noc(-c2cc(Br)ccc2N)n1. The predicted molar refractivity (Wildman–Crippen MR) is 67.2 cm³/mol. The van der Waals surface area contributed by atoms with Crippen LogP contribution in [0.3, 0.4) is 0 Å². The largest absolute Gasteiger partial charge is 0.398 e. The van der Waals surface area contributed by atoms with Crippen LogP contribution in [0.1, 0.15) is 12.7 Å². The first-order valence-electron chi connectivity index (χ1n) is 5.16. The van der Waals surface area contributed by atoms with Crippen LogP contribution in [0, 0.1) is 0 Å². The molecule has 1 aromatic heterocycles. The Labute approximate surface area is 107 Å². The highest BCUT2D eigenvalue weighted by Gasteiger charge is 2.12. The minimum Gasteiger partial charge on any atom is -0.398 e. The number of hydrogen-bond donors (Lipinski definition) is 1. The van der Waals surface area contributed by atoms with Crippen LogP contribution in [0.2, 0.25) is 0 Å². The van der Waals surface area contributed by atoms with E-state index in [0.29, 0.717) is 30.6 Å². The van der Waals surface area contributed by atoms with Gasteiger partial charge in [-0.1, -0.05) is 21.1 Å². The van der Waals surface area contributed by atoms with Crippen LogP contribution >= 0.6 is 15.9 Å². The molecule has 0 saturated carbocycles. The first kappa shape index (κ1) is 12.1. The summed E-state index contributed by atoms with van der Waals surface area (Å²) in [5.74, 6) is 0.916. The number of hydrogen-bond acceptors (Lipinski definition) is 5. The van der Waals surface area contributed by atoms with Crippen molar-refractivity contribution in [2.24, 2.45) is 0 Å². The molecule has 6 heteroatoms. The van der Waals surface area contributed by atoms with Crippen LogP contribution in [0.15, 0.2) is 27.2 Å². The summed E-state index contributed by atoms with van der Waals surface area (Å²) in [6.45, 7) is 2.87. The van der Waals surface area contributed by atoms with Gasteiger partial charge in [-0.15, -0.1) is 0 Å². The molecule has 2 N–H and O–H groups in total. The molecule has 2 rings (SSSR count). The average molecular weight is 298 g/mol. The molecule has 0 bridgehead atoms. The minimum absolute atomic E-state index is 0.341. The van der Waals surface area contributed by atoms with E-state index in [1.807, 2.05) is 19.1 Å². The van der Waals surface area contributed by atoms with E-state index in [-0.39, 0.29) is 0 Å². The van der Waals surface area contributed by atoms with Crippen molar-refractivity contribution >= 4 is 21.6 Å². The molecule has 1 aromatic carbocycles. The monoisotopic (exact) mass is 297 g/mol. The molecule has 5 nitrogen and oxygen atoms in total. The number of benzene rings is 1. The average Bonchev–Trinajstić information content (AvgIpc) is 2.78. The highest BCUT2D eigenvalue weighted by atomic mass is 79.9. The maximum atomic E-state index is 5.85. The number of aromatic nitrogens is 2. The fourth-order valence-corrected chi connectivity index (χ4v) is 1.69. The van der Waals surface area contributed by atoms with E-state index in [2.05, 4.69) is 26.1 Å². The van der Waals surface area contributed by atoms with Gasteiger partial charge in [0.05, 0.1) is 5.56 Å². The fraction of sp³-hybridized carbons (Fsp3) is 0.273. The van der Waals surface area contributed by atoms with Gasteiger partial charge in [-0.3, -0.25) is 0 Å². The Balaban J connectivity index is 2.27. The van der Waals surface area contributed by atoms with Crippen molar-refractivity contribution in [3.05, 3.63) is 28.5 Å². The van der Waals surface area contributed by atoms with Crippen molar-refractivity contribution in [3.8, 4) is 11.5 Å². The fourth-order valence-electron chi connectivity index (χ4n) is 1.33. The smallest absolute Gasteiger partial charge is 0.260 e. The highest BCUT2D eigenvalue weighted by Crippen LogP contribution is 2.27. The normalized spacial score (nSPS) is 10.7. The molecule has 0 aliphatic rings. The molecule has 0 unspecified atom stereocenters. The summed E-state index contributed by atoms with van der Waals surface area (Å²) in [6, 6.07) is 5.48. The first-order chi connectivity index (χ1) is 8.20. The molecule has 0 aliphatic carbocycles. The van der Waals surface area contributed by atoms with Gasteiger partial charge in [-0.25, -0.2) is 0 Å². The first-order valence-corrected chi connectivity index (χ1v) is 5.95. The van der Waals surface area contributed by atoms with Gasteiger partial charge in [-0.2, -0.15) is 4.98 Å². The second-order valence-corrected chi connectivity index (χ2v) is 4.30. The van der Waals surface area contributed by atoms with Gasteiger partial charge >= 0.3 is 0 Å². The van der Waals surface area contributed by atoms with Gasteiger partial charge in [-0.05, 0) is 25.1 Å². The molecule has 0 fully saturated rings. The molecule has 0 radical (unpaired) electrons. The van der Waals surface area contributed by atoms with Crippen LogP contribution in [-0.4, -0.2) is 16.7 Å². The Morgan fingerprint density at radius 1 is 1.47 bits per heavy atom. The van der Waals surface area contributed by atoms with Crippen LogP contribution in [0.25, 0.3) is 11.5 Å². The summed E-state index contributed by atoms with van der Waals surface area (Å²) in [5.41, 5.74) is 7.17. The van der Waals surface area contributed by atoms with E-state index in [9.17, 15) is 0 Å². The van der Waals surface area contributed by atoms with Gasteiger partial charge in [0.2, 0.25) is 0 Å². The van der Waals surface area contributed by atoms with Crippen LogP contribution < -0.4 is 5.73 Å². The van der Waals surface area contributed by atoms with E-state index in [1.165, 1.54) is 0 Å². The summed E-state index contributed by atoms with van der Waals surface area (Å²) in [5, 5.41) is 3.82. The molecule has 1 heterocycles. The zero-order valence-electron chi connectivity index (χ0n) is 9.31.